The van der Waals surface area contributed by atoms with E-state index in [0.717, 1.165) is 6.07 Å². The second-order valence-corrected chi connectivity index (χ2v) is 2.96. The average molecular weight is 222 g/mol. The zero-order valence-corrected chi connectivity index (χ0v) is 7.49. The van der Waals surface area contributed by atoms with Crippen molar-refractivity contribution in [2.75, 3.05) is 6.61 Å². The lowest BCUT2D eigenvalue weighted by molar-refractivity contribution is -0.0171. The molecular formula is C9H9F3O3. The Morgan fingerprint density at radius 3 is 2.20 bits per heavy atom. The van der Waals surface area contributed by atoms with Crippen LogP contribution in [0.5, 0.6) is 0 Å². The maximum Gasteiger partial charge on any atom is 0.194 e. The Hall–Kier alpha value is -1.11. The molecule has 1 rings (SSSR count). The average Bonchev–Trinajstić information content (AvgIpc) is 2.24. The molecule has 0 aliphatic heterocycles. The molecule has 3 N–H and O–H groups in total. The van der Waals surface area contributed by atoms with E-state index < -0.39 is 41.8 Å². The molecule has 0 spiro atoms. The van der Waals surface area contributed by atoms with Crippen LogP contribution in [-0.4, -0.2) is 28.0 Å². The van der Waals surface area contributed by atoms with E-state index >= 15 is 0 Å². The Bertz CT molecular complexity index is 357. The molecule has 0 aliphatic rings. The Kier molecular flexibility index (Phi) is 3.67. The number of benzene rings is 1. The fourth-order valence-electron chi connectivity index (χ4n) is 1.08. The molecule has 0 aromatic heterocycles. The van der Waals surface area contributed by atoms with Crippen molar-refractivity contribution in [2.24, 2.45) is 0 Å². The van der Waals surface area contributed by atoms with Crippen LogP contribution in [0.25, 0.3) is 0 Å². The van der Waals surface area contributed by atoms with Gasteiger partial charge in [-0.1, -0.05) is 6.07 Å². The molecule has 0 amide bonds. The van der Waals surface area contributed by atoms with Crippen LogP contribution >= 0.6 is 0 Å². The Morgan fingerprint density at radius 1 is 1.07 bits per heavy atom. The summed E-state index contributed by atoms with van der Waals surface area (Å²) in [6.45, 7) is -0.820. The van der Waals surface area contributed by atoms with Crippen LogP contribution in [0.15, 0.2) is 12.1 Å². The zero-order chi connectivity index (χ0) is 11.6. The molecule has 2 atom stereocenters. The third-order valence-electron chi connectivity index (χ3n) is 1.94. The van der Waals surface area contributed by atoms with Gasteiger partial charge in [0.05, 0.1) is 6.61 Å². The van der Waals surface area contributed by atoms with Crippen LogP contribution < -0.4 is 0 Å². The Morgan fingerprint density at radius 2 is 1.67 bits per heavy atom. The van der Waals surface area contributed by atoms with E-state index in [1.165, 1.54) is 0 Å². The van der Waals surface area contributed by atoms with E-state index in [0.29, 0.717) is 6.07 Å². The first-order valence-electron chi connectivity index (χ1n) is 4.09. The highest BCUT2D eigenvalue weighted by atomic mass is 19.2. The zero-order valence-electron chi connectivity index (χ0n) is 7.49. The van der Waals surface area contributed by atoms with Crippen LogP contribution in [0, 0.1) is 17.5 Å². The number of hydrogen-bond acceptors (Lipinski definition) is 3. The van der Waals surface area contributed by atoms with Crippen molar-refractivity contribution < 1.29 is 28.5 Å². The molecule has 15 heavy (non-hydrogen) atoms. The Balaban J connectivity index is 3.10. The van der Waals surface area contributed by atoms with Crippen LogP contribution in [0.4, 0.5) is 13.2 Å². The van der Waals surface area contributed by atoms with E-state index in [4.69, 9.17) is 10.2 Å². The Labute approximate surface area is 83.4 Å². The summed E-state index contributed by atoms with van der Waals surface area (Å²) >= 11 is 0. The summed E-state index contributed by atoms with van der Waals surface area (Å²) < 4.78 is 38.3. The normalized spacial score (nSPS) is 15.1. The molecule has 0 heterocycles. The fourth-order valence-corrected chi connectivity index (χ4v) is 1.08. The first-order chi connectivity index (χ1) is 6.99. The van der Waals surface area contributed by atoms with Gasteiger partial charge in [-0.05, 0) is 6.07 Å². The number of rotatable bonds is 3. The number of hydrogen-bond donors (Lipinski definition) is 3. The van der Waals surface area contributed by atoms with Gasteiger partial charge < -0.3 is 15.3 Å². The highest BCUT2D eigenvalue weighted by Gasteiger charge is 2.24. The van der Waals surface area contributed by atoms with Crippen molar-refractivity contribution in [3.8, 4) is 0 Å². The standard InChI is InChI=1S/C9H9F3O3/c10-5-2-1-4(7(11)8(5)12)9(15)6(14)3-13/h1-2,6,9,13-15H,3H2. The molecule has 84 valence electrons. The van der Waals surface area contributed by atoms with Crippen molar-refractivity contribution in [2.45, 2.75) is 12.2 Å². The molecular weight excluding hydrogens is 213 g/mol. The van der Waals surface area contributed by atoms with Crippen molar-refractivity contribution in [3.05, 3.63) is 35.1 Å². The van der Waals surface area contributed by atoms with Crippen LogP contribution in [0.3, 0.4) is 0 Å². The minimum absolute atomic E-state index is 0.601. The molecule has 1 aromatic carbocycles. The largest absolute Gasteiger partial charge is 0.394 e. The lowest BCUT2D eigenvalue weighted by Gasteiger charge is -2.16. The number of aliphatic hydroxyl groups excluding tert-OH is 3. The van der Waals surface area contributed by atoms with Gasteiger partial charge in [0.15, 0.2) is 17.5 Å². The van der Waals surface area contributed by atoms with Gasteiger partial charge in [-0.25, -0.2) is 13.2 Å². The summed E-state index contributed by atoms with van der Waals surface area (Å²) in [5, 5.41) is 26.7. The van der Waals surface area contributed by atoms with E-state index in [1.54, 1.807) is 0 Å². The third kappa shape index (κ3) is 2.28. The van der Waals surface area contributed by atoms with Gasteiger partial charge in [-0.15, -0.1) is 0 Å². The third-order valence-corrected chi connectivity index (χ3v) is 1.94. The molecule has 3 nitrogen and oxygen atoms in total. The van der Waals surface area contributed by atoms with Crippen LogP contribution in [0.1, 0.15) is 11.7 Å². The van der Waals surface area contributed by atoms with Crippen molar-refractivity contribution in [1.29, 1.82) is 0 Å². The fraction of sp³-hybridized carbons (Fsp3) is 0.333. The summed E-state index contributed by atoms with van der Waals surface area (Å²) in [4.78, 5) is 0. The maximum absolute atomic E-state index is 13.0. The minimum Gasteiger partial charge on any atom is -0.394 e. The van der Waals surface area contributed by atoms with Gasteiger partial charge in [-0.2, -0.15) is 0 Å². The topological polar surface area (TPSA) is 60.7 Å². The summed E-state index contributed by atoms with van der Waals surface area (Å²) in [5.74, 6) is -4.69. The molecule has 0 radical (unpaired) electrons. The van der Waals surface area contributed by atoms with Crippen LogP contribution in [-0.2, 0) is 0 Å². The summed E-state index contributed by atoms with van der Waals surface area (Å²) in [6.07, 6.45) is -3.45. The second-order valence-electron chi connectivity index (χ2n) is 2.96. The second kappa shape index (κ2) is 4.61. The molecule has 0 saturated heterocycles. The van der Waals surface area contributed by atoms with E-state index in [-0.39, 0.29) is 0 Å². The summed E-state index contributed by atoms with van der Waals surface area (Å²) in [5.41, 5.74) is -0.601. The molecule has 0 saturated carbocycles. The monoisotopic (exact) mass is 222 g/mol. The van der Waals surface area contributed by atoms with Gasteiger partial charge in [0, 0.05) is 5.56 Å². The number of halogens is 3. The molecule has 0 fully saturated rings. The predicted octanol–water partition coefficient (Wildman–Crippen LogP) is 0.491. The summed E-state index contributed by atoms with van der Waals surface area (Å²) in [7, 11) is 0. The van der Waals surface area contributed by atoms with Gasteiger partial charge in [0.2, 0.25) is 0 Å². The smallest absolute Gasteiger partial charge is 0.194 e. The first kappa shape index (κ1) is 12.0. The summed E-state index contributed by atoms with van der Waals surface area (Å²) in [6, 6.07) is 1.43. The number of aliphatic hydroxyl groups is 3. The lowest BCUT2D eigenvalue weighted by Crippen LogP contribution is -2.23. The quantitative estimate of drug-likeness (QED) is 0.652. The molecule has 0 bridgehead atoms. The van der Waals surface area contributed by atoms with Crippen molar-refractivity contribution >= 4 is 0 Å². The molecule has 1 aromatic rings. The van der Waals surface area contributed by atoms with Crippen molar-refractivity contribution in [3.63, 3.8) is 0 Å². The first-order valence-corrected chi connectivity index (χ1v) is 4.09. The highest BCUT2D eigenvalue weighted by molar-refractivity contribution is 5.23. The highest BCUT2D eigenvalue weighted by Crippen LogP contribution is 2.23. The molecule has 6 heteroatoms. The van der Waals surface area contributed by atoms with Gasteiger partial charge >= 0.3 is 0 Å². The predicted molar refractivity (Wildman–Crippen MR) is 44.4 cm³/mol. The van der Waals surface area contributed by atoms with Crippen LogP contribution in [0.2, 0.25) is 0 Å². The van der Waals surface area contributed by atoms with E-state index in [2.05, 4.69) is 0 Å². The molecule has 2 unspecified atom stereocenters. The van der Waals surface area contributed by atoms with Gasteiger partial charge in [0.1, 0.15) is 12.2 Å². The van der Waals surface area contributed by atoms with Gasteiger partial charge in [-0.3, -0.25) is 0 Å². The van der Waals surface area contributed by atoms with Gasteiger partial charge in [0.25, 0.3) is 0 Å². The maximum atomic E-state index is 13.0. The van der Waals surface area contributed by atoms with E-state index in [9.17, 15) is 18.3 Å². The van der Waals surface area contributed by atoms with E-state index in [1.807, 2.05) is 0 Å². The molecule has 0 aliphatic carbocycles. The lowest BCUT2D eigenvalue weighted by atomic mass is 10.0. The minimum atomic E-state index is -1.80. The van der Waals surface area contributed by atoms with Crippen molar-refractivity contribution in [1.82, 2.24) is 0 Å². The SMILES string of the molecule is OCC(O)C(O)c1ccc(F)c(F)c1F.